The van der Waals surface area contributed by atoms with Crippen LogP contribution in [0, 0.1) is 5.92 Å². The number of imide groups is 1. The maximum atomic E-state index is 12.9. The van der Waals surface area contributed by atoms with Crippen molar-refractivity contribution in [3.05, 3.63) is 65.9 Å². The van der Waals surface area contributed by atoms with E-state index in [9.17, 15) is 14.4 Å². The number of carbonyl (C=O) groups excluding carboxylic acids is 3. The highest BCUT2D eigenvalue weighted by molar-refractivity contribution is 6.09. The van der Waals surface area contributed by atoms with Crippen molar-refractivity contribution in [2.24, 2.45) is 5.92 Å². The predicted octanol–water partition coefficient (Wildman–Crippen LogP) is 3.15. The molecule has 8 heteroatoms. The first-order valence-corrected chi connectivity index (χ1v) is 11.5. The number of para-hydroxylation sites is 1. The molecule has 1 saturated heterocycles. The first kappa shape index (κ1) is 22.0. The molecule has 2 fully saturated rings. The molecule has 5 rings (SSSR count). The largest absolute Gasteiger partial charge is 0.497 e. The van der Waals surface area contributed by atoms with Crippen LogP contribution in [0.15, 0.2) is 54.7 Å². The highest BCUT2D eigenvalue weighted by Gasteiger charge is 2.56. The van der Waals surface area contributed by atoms with E-state index in [0.717, 1.165) is 45.5 Å². The second kappa shape index (κ2) is 8.52. The molecule has 1 saturated carbocycles. The number of amides is 4. The summed E-state index contributed by atoms with van der Waals surface area (Å²) in [5.41, 5.74) is 2.19. The van der Waals surface area contributed by atoms with Gasteiger partial charge in [-0.1, -0.05) is 30.3 Å². The van der Waals surface area contributed by atoms with E-state index in [4.69, 9.17) is 4.74 Å². The lowest BCUT2D eigenvalue weighted by Crippen LogP contribution is -2.47. The van der Waals surface area contributed by atoms with Crippen LogP contribution in [-0.4, -0.2) is 53.5 Å². The summed E-state index contributed by atoms with van der Waals surface area (Å²) in [7, 11) is 1.62. The highest BCUT2D eigenvalue weighted by atomic mass is 16.5. The Bertz CT molecular complexity index is 1250. The third-order valence-corrected chi connectivity index (χ3v) is 7.01. The second-order valence-electron chi connectivity index (χ2n) is 9.22. The third kappa shape index (κ3) is 3.89. The van der Waals surface area contributed by atoms with E-state index in [0.29, 0.717) is 6.54 Å². The minimum atomic E-state index is -0.896. The molecule has 3 N–H and O–H groups in total. The van der Waals surface area contributed by atoms with Crippen molar-refractivity contribution in [3.63, 3.8) is 0 Å². The van der Waals surface area contributed by atoms with Crippen LogP contribution < -0.4 is 15.4 Å². The van der Waals surface area contributed by atoms with Gasteiger partial charge in [-0.2, -0.15) is 0 Å². The lowest BCUT2D eigenvalue weighted by molar-refractivity contribution is -0.135. The number of nitrogens with one attached hydrogen (secondary N) is 3. The van der Waals surface area contributed by atoms with Crippen molar-refractivity contribution in [3.8, 4) is 5.75 Å². The fourth-order valence-corrected chi connectivity index (χ4v) is 4.84. The minimum Gasteiger partial charge on any atom is -0.497 e. The number of fused-ring (bicyclic) bond motifs is 1. The number of carbonyl (C=O) groups is 3. The maximum Gasteiger partial charge on any atom is 0.325 e. The summed E-state index contributed by atoms with van der Waals surface area (Å²) in [5.74, 6) is 0.0762. The van der Waals surface area contributed by atoms with Crippen LogP contribution in [0.3, 0.4) is 0 Å². The Morgan fingerprint density at radius 1 is 1.18 bits per heavy atom. The molecule has 1 aliphatic carbocycles. The van der Waals surface area contributed by atoms with E-state index >= 15 is 0 Å². The Balaban J connectivity index is 1.34. The molecule has 0 unspecified atom stereocenters. The number of hydrogen-bond acceptors (Lipinski definition) is 4. The number of aromatic amines is 1. The molecule has 2 aliphatic rings. The van der Waals surface area contributed by atoms with E-state index in [1.54, 1.807) is 14.0 Å². The van der Waals surface area contributed by atoms with E-state index in [2.05, 4.69) is 15.6 Å². The molecule has 0 bridgehead atoms. The zero-order valence-electron chi connectivity index (χ0n) is 19.3. The summed E-state index contributed by atoms with van der Waals surface area (Å²) in [4.78, 5) is 42.4. The zero-order chi connectivity index (χ0) is 23.9. The standard InChI is InChI=1S/C26H28N4O4/c1-26(17-9-10-17)24(32)30(25(33)29-26)15-23(31)28-13-20(16-7-11-18(34-2)12-8-16)21-14-27-22-6-4-3-5-19(21)22/h3-8,11-12,14,17,20,27H,9-10,13,15H2,1-2H3,(H,28,31)(H,29,33)/t20-,26-/m0/s1. The molecule has 3 aromatic rings. The predicted molar refractivity (Wildman–Crippen MR) is 128 cm³/mol. The van der Waals surface area contributed by atoms with Gasteiger partial charge in [-0.25, -0.2) is 4.79 Å². The van der Waals surface area contributed by atoms with Gasteiger partial charge in [-0.05, 0) is 55.0 Å². The van der Waals surface area contributed by atoms with Gasteiger partial charge < -0.3 is 20.4 Å². The van der Waals surface area contributed by atoms with E-state index < -0.39 is 11.6 Å². The van der Waals surface area contributed by atoms with Gasteiger partial charge in [0.2, 0.25) is 5.91 Å². The molecule has 1 aliphatic heterocycles. The summed E-state index contributed by atoms with van der Waals surface area (Å²) >= 11 is 0. The van der Waals surface area contributed by atoms with Gasteiger partial charge in [-0.15, -0.1) is 0 Å². The average molecular weight is 461 g/mol. The minimum absolute atomic E-state index is 0.133. The topological polar surface area (TPSA) is 104 Å². The molecular weight excluding hydrogens is 432 g/mol. The van der Waals surface area contributed by atoms with E-state index in [1.807, 2.05) is 54.7 Å². The lowest BCUT2D eigenvalue weighted by atomic mass is 9.90. The monoisotopic (exact) mass is 460 g/mol. The summed E-state index contributed by atoms with van der Waals surface area (Å²) in [5, 5.41) is 6.80. The number of H-pyrrole nitrogens is 1. The summed E-state index contributed by atoms with van der Waals surface area (Å²) < 4.78 is 5.29. The van der Waals surface area contributed by atoms with Crippen LogP contribution in [0.2, 0.25) is 0 Å². The van der Waals surface area contributed by atoms with Gasteiger partial charge in [0.1, 0.15) is 17.8 Å². The van der Waals surface area contributed by atoms with E-state index in [-0.39, 0.29) is 30.2 Å². The van der Waals surface area contributed by atoms with Crippen LogP contribution in [0.1, 0.15) is 36.8 Å². The molecule has 34 heavy (non-hydrogen) atoms. The lowest BCUT2D eigenvalue weighted by Gasteiger charge is -2.21. The van der Waals surface area contributed by atoms with E-state index in [1.165, 1.54) is 0 Å². The zero-order valence-corrected chi connectivity index (χ0v) is 19.3. The number of rotatable bonds is 8. The first-order valence-electron chi connectivity index (χ1n) is 11.5. The molecule has 1 aromatic heterocycles. The van der Waals surface area contributed by atoms with Crippen LogP contribution in [0.4, 0.5) is 4.79 Å². The molecule has 0 spiro atoms. The maximum absolute atomic E-state index is 12.9. The van der Waals surface area contributed by atoms with Crippen LogP contribution in [-0.2, 0) is 9.59 Å². The Hall–Kier alpha value is -3.81. The first-order chi connectivity index (χ1) is 16.4. The number of methoxy groups -OCH3 is 1. The van der Waals surface area contributed by atoms with Crippen molar-refractivity contribution in [2.45, 2.75) is 31.2 Å². The molecule has 176 valence electrons. The molecular formula is C26H28N4O4. The number of ether oxygens (including phenoxy) is 1. The second-order valence-corrected chi connectivity index (χ2v) is 9.22. The van der Waals surface area contributed by atoms with Gasteiger partial charge in [0.05, 0.1) is 7.11 Å². The quantitative estimate of drug-likeness (QED) is 0.449. The van der Waals surface area contributed by atoms with Gasteiger partial charge in [0, 0.05) is 29.6 Å². The van der Waals surface area contributed by atoms with Gasteiger partial charge >= 0.3 is 6.03 Å². The van der Waals surface area contributed by atoms with Crippen LogP contribution >= 0.6 is 0 Å². The van der Waals surface area contributed by atoms with Crippen LogP contribution in [0.25, 0.3) is 10.9 Å². The Kier molecular flexibility index (Phi) is 5.51. The molecule has 2 aromatic carbocycles. The Labute approximate surface area is 197 Å². The SMILES string of the molecule is COc1ccc([C@H](CNC(=O)CN2C(=O)N[C@@](C)(C3CC3)C2=O)c2c[nH]c3ccccc23)cc1. The summed E-state index contributed by atoms with van der Waals surface area (Å²) in [6, 6.07) is 15.3. The summed E-state index contributed by atoms with van der Waals surface area (Å²) in [6.45, 7) is 1.77. The van der Waals surface area contributed by atoms with Crippen molar-refractivity contribution in [1.82, 2.24) is 20.5 Å². The summed E-state index contributed by atoms with van der Waals surface area (Å²) in [6.07, 6.45) is 3.79. The number of benzene rings is 2. The van der Waals surface area contributed by atoms with Gasteiger partial charge in [-0.3, -0.25) is 14.5 Å². The van der Waals surface area contributed by atoms with Crippen molar-refractivity contribution in [1.29, 1.82) is 0 Å². The van der Waals surface area contributed by atoms with Crippen LogP contribution in [0.5, 0.6) is 5.75 Å². The number of nitrogens with zero attached hydrogens (tertiary/aromatic N) is 1. The number of hydrogen-bond donors (Lipinski definition) is 3. The van der Waals surface area contributed by atoms with Gasteiger partial charge in [0.25, 0.3) is 5.91 Å². The Morgan fingerprint density at radius 2 is 1.91 bits per heavy atom. The molecule has 4 amide bonds. The molecule has 2 atom stereocenters. The normalized spacial score (nSPS) is 20.9. The van der Waals surface area contributed by atoms with Gasteiger partial charge in [0.15, 0.2) is 0 Å². The van der Waals surface area contributed by atoms with Crippen molar-refractivity contribution in [2.75, 3.05) is 20.2 Å². The molecule has 2 heterocycles. The van der Waals surface area contributed by atoms with Crippen molar-refractivity contribution >= 4 is 28.7 Å². The smallest absolute Gasteiger partial charge is 0.325 e. The molecule has 0 radical (unpaired) electrons. The highest BCUT2D eigenvalue weighted by Crippen LogP contribution is 2.42. The Morgan fingerprint density at radius 3 is 2.62 bits per heavy atom. The fourth-order valence-electron chi connectivity index (χ4n) is 4.84. The number of aromatic nitrogens is 1. The number of urea groups is 1. The average Bonchev–Trinajstić information content (AvgIpc) is 3.59. The third-order valence-electron chi connectivity index (χ3n) is 7.01. The van der Waals surface area contributed by atoms with Crippen molar-refractivity contribution < 1.29 is 19.1 Å². The molecule has 8 nitrogen and oxygen atoms in total. The fraction of sp³-hybridized carbons (Fsp3) is 0.346.